The Hall–Kier alpha value is -2.73. The van der Waals surface area contributed by atoms with Crippen LogP contribution in [0.3, 0.4) is 0 Å². The SMILES string of the molecule is COc1ccc(C(=O)OCC(=O)Nc2ccc(C)c(Cl)c2)cc1OC. The lowest BCUT2D eigenvalue weighted by atomic mass is 10.2. The van der Waals surface area contributed by atoms with E-state index in [1.54, 1.807) is 24.3 Å². The van der Waals surface area contributed by atoms with Crippen molar-refractivity contribution in [2.45, 2.75) is 6.92 Å². The average molecular weight is 364 g/mol. The molecule has 1 amide bonds. The number of esters is 1. The van der Waals surface area contributed by atoms with Crippen molar-refractivity contribution in [3.8, 4) is 11.5 Å². The van der Waals surface area contributed by atoms with Gasteiger partial charge in [0.1, 0.15) is 0 Å². The van der Waals surface area contributed by atoms with Gasteiger partial charge in [-0.05, 0) is 42.8 Å². The molecule has 25 heavy (non-hydrogen) atoms. The Morgan fingerprint density at radius 3 is 2.40 bits per heavy atom. The van der Waals surface area contributed by atoms with Crippen LogP contribution in [0.1, 0.15) is 15.9 Å². The Morgan fingerprint density at radius 1 is 1.04 bits per heavy atom. The third-order valence-electron chi connectivity index (χ3n) is 3.41. The van der Waals surface area contributed by atoms with Gasteiger partial charge in [-0.3, -0.25) is 4.79 Å². The molecule has 7 heteroatoms. The number of halogens is 1. The molecule has 1 N–H and O–H groups in total. The summed E-state index contributed by atoms with van der Waals surface area (Å²) in [4.78, 5) is 23.9. The molecule has 0 fully saturated rings. The predicted octanol–water partition coefficient (Wildman–Crippen LogP) is 3.46. The van der Waals surface area contributed by atoms with Gasteiger partial charge in [0.05, 0.1) is 19.8 Å². The molecule has 0 saturated carbocycles. The summed E-state index contributed by atoms with van der Waals surface area (Å²) in [7, 11) is 2.96. The molecular formula is C18H18ClNO5. The highest BCUT2D eigenvalue weighted by molar-refractivity contribution is 6.31. The first-order valence-electron chi connectivity index (χ1n) is 7.39. The number of amides is 1. The predicted molar refractivity (Wildman–Crippen MR) is 94.6 cm³/mol. The number of nitrogens with one attached hydrogen (secondary N) is 1. The van der Waals surface area contributed by atoms with Crippen LogP contribution in [0.15, 0.2) is 36.4 Å². The number of benzene rings is 2. The summed E-state index contributed by atoms with van der Waals surface area (Å²) in [6.45, 7) is 1.44. The van der Waals surface area contributed by atoms with Gasteiger partial charge in [-0.2, -0.15) is 0 Å². The first kappa shape index (κ1) is 18.6. The second-order valence-corrected chi connectivity index (χ2v) is 5.57. The minimum absolute atomic E-state index is 0.254. The number of aryl methyl sites for hydroxylation is 1. The molecule has 0 aliphatic carbocycles. The first-order chi connectivity index (χ1) is 11.9. The van der Waals surface area contributed by atoms with Crippen molar-refractivity contribution >= 4 is 29.2 Å². The maximum absolute atomic E-state index is 12.0. The summed E-state index contributed by atoms with van der Waals surface area (Å²) in [5, 5.41) is 3.15. The minimum atomic E-state index is -0.641. The summed E-state index contributed by atoms with van der Waals surface area (Å²) >= 11 is 6.00. The Kier molecular flexibility index (Phi) is 6.25. The minimum Gasteiger partial charge on any atom is -0.493 e. The van der Waals surface area contributed by atoms with Gasteiger partial charge in [-0.15, -0.1) is 0 Å². The number of rotatable bonds is 6. The molecule has 6 nitrogen and oxygen atoms in total. The summed E-state index contributed by atoms with van der Waals surface area (Å²) in [6, 6.07) is 9.73. The molecule has 0 spiro atoms. The van der Waals surface area contributed by atoms with Crippen LogP contribution in [0.25, 0.3) is 0 Å². The summed E-state index contributed by atoms with van der Waals surface area (Å²) in [5.74, 6) is -0.212. The lowest BCUT2D eigenvalue weighted by Crippen LogP contribution is -2.21. The van der Waals surface area contributed by atoms with Crippen LogP contribution in [-0.4, -0.2) is 32.7 Å². The van der Waals surface area contributed by atoms with Gasteiger partial charge >= 0.3 is 5.97 Å². The zero-order valence-corrected chi connectivity index (χ0v) is 14.8. The molecule has 0 aliphatic heterocycles. The fourth-order valence-corrected chi connectivity index (χ4v) is 2.23. The van der Waals surface area contributed by atoms with Crippen LogP contribution < -0.4 is 14.8 Å². The quantitative estimate of drug-likeness (QED) is 0.795. The van der Waals surface area contributed by atoms with Crippen LogP contribution in [-0.2, 0) is 9.53 Å². The van der Waals surface area contributed by atoms with E-state index in [1.807, 2.05) is 6.92 Å². The van der Waals surface area contributed by atoms with Gasteiger partial charge in [-0.1, -0.05) is 17.7 Å². The molecule has 0 unspecified atom stereocenters. The second kappa shape index (κ2) is 8.39. The third-order valence-corrected chi connectivity index (χ3v) is 3.82. The molecule has 132 valence electrons. The molecular weight excluding hydrogens is 346 g/mol. The highest BCUT2D eigenvalue weighted by Gasteiger charge is 2.14. The maximum Gasteiger partial charge on any atom is 0.338 e. The monoisotopic (exact) mass is 363 g/mol. The van der Waals surface area contributed by atoms with E-state index in [2.05, 4.69) is 5.32 Å². The molecule has 0 atom stereocenters. The second-order valence-electron chi connectivity index (χ2n) is 5.16. The van der Waals surface area contributed by atoms with Gasteiger partial charge < -0.3 is 19.5 Å². The Labute approximate surface area is 150 Å². The lowest BCUT2D eigenvalue weighted by Gasteiger charge is -2.10. The van der Waals surface area contributed by atoms with E-state index in [0.29, 0.717) is 22.2 Å². The molecule has 0 saturated heterocycles. The van der Waals surface area contributed by atoms with Gasteiger partial charge in [0.2, 0.25) is 0 Å². The van der Waals surface area contributed by atoms with E-state index < -0.39 is 18.5 Å². The van der Waals surface area contributed by atoms with E-state index in [-0.39, 0.29) is 5.56 Å². The van der Waals surface area contributed by atoms with E-state index in [4.69, 9.17) is 25.8 Å². The normalized spacial score (nSPS) is 10.1. The molecule has 0 aromatic heterocycles. The molecule has 2 aromatic carbocycles. The topological polar surface area (TPSA) is 73.9 Å². The fourth-order valence-electron chi connectivity index (χ4n) is 2.05. The summed E-state index contributed by atoms with van der Waals surface area (Å²) < 4.78 is 15.2. The Balaban J connectivity index is 1.94. The van der Waals surface area contributed by atoms with Crippen LogP contribution in [0, 0.1) is 6.92 Å². The molecule has 0 bridgehead atoms. The molecule has 0 heterocycles. The van der Waals surface area contributed by atoms with Crippen molar-refractivity contribution in [3.05, 3.63) is 52.5 Å². The maximum atomic E-state index is 12.0. The highest BCUT2D eigenvalue weighted by atomic mass is 35.5. The van der Waals surface area contributed by atoms with Crippen LogP contribution >= 0.6 is 11.6 Å². The van der Waals surface area contributed by atoms with Gasteiger partial charge in [0.15, 0.2) is 18.1 Å². The van der Waals surface area contributed by atoms with E-state index in [9.17, 15) is 9.59 Å². The molecule has 0 radical (unpaired) electrons. The van der Waals surface area contributed by atoms with Gasteiger partial charge in [0.25, 0.3) is 5.91 Å². The van der Waals surface area contributed by atoms with Gasteiger partial charge in [-0.25, -0.2) is 4.79 Å². The number of hydrogen-bond donors (Lipinski definition) is 1. The largest absolute Gasteiger partial charge is 0.493 e. The van der Waals surface area contributed by atoms with Crippen molar-refractivity contribution in [1.29, 1.82) is 0 Å². The zero-order chi connectivity index (χ0) is 18.4. The first-order valence-corrected chi connectivity index (χ1v) is 7.77. The zero-order valence-electron chi connectivity index (χ0n) is 14.1. The van der Waals surface area contributed by atoms with Crippen molar-refractivity contribution in [2.75, 3.05) is 26.1 Å². The number of methoxy groups -OCH3 is 2. The molecule has 0 aliphatic rings. The fraction of sp³-hybridized carbons (Fsp3) is 0.222. The van der Waals surface area contributed by atoms with E-state index in [1.165, 1.54) is 26.4 Å². The van der Waals surface area contributed by atoms with Crippen LogP contribution in [0.4, 0.5) is 5.69 Å². The van der Waals surface area contributed by atoms with E-state index in [0.717, 1.165) is 5.56 Å². The van der Waals surface area contributed by atoms with Crippen LogP contribution in [0.5, 0.6) is 11.5 Å². The number of anilines is 1. The smallest absolute Gasteiger partial charge is 0.338 e. The highest BCUT2D eigenvalue weighted by Crippen LogP contribution is 2.27. The summed E-state index contributed by atoms with van der Waals surface area (Å²) in [6.07, 6.45) is 0. The number of carbonyl (C=O) groups is 2. The molecule has 2 rings (SSSR count). The van der Waals surface area contributed by atoms with Gasteiger partial charge in [0, 0.05) is 10.7 Å². The van der Waals surface area contributed by atoms with Crippen LogP contribution in [0.2, 0.25) is 5.02 Å². The third kappa shape index (κ3) is 4.87. The molecule has 2 aromatic rings. The average Bonchev–Trinajstić information content (AvgIpc) is 2.62. The van der Waals surface area contributed by atoms with Crippen molar-refractivity contribution in [2.24, 2.45) is 0 Å². The number of carbonyl (C=O) groups excluding carboxylic acids is 2. The number of hydrogen-bond acceptors (Lipinski definition) is 5. The lowest BCUT2D eigenvalue weighted by molar-refractivity contribution is -0.119. The Bertz CT molecular complexity index is 791. The standard InChI is InChI=1S/C18H18ClNO5/c1-11-4-6-13(9-14(11)19)20-17(21)10-25-18(22)12-5-7-15(23-2)16(8-12)24-3/h4-9H,10H2,1-3H3,(H,20,21). The van der Waals surface area contributed by atoms with Crippen molar-refractivity contribution in [3.63, 3.8) is 0 Å². The van der Waals surface area contributed by atoms with Crippen molar-refractivity contribution in [1.82, 2.24) is 0 Å². The van der Waals surface area contributed by atoms with E-state index >= 15 is 0 Å². The number of ether oxygens (including phenoxy) is 3. The summed E-state index contributed by atoms with van der Waals surface area (Å²) in [5.41, 5.74) is 1.69. The Morgan fingerprint density at radius 2 is 1.76 bits per heavy atom. The van der Waals surface area contributed by atoms with Crippen molar-refractivity contribution < 1.29 is 23.8 Å².